The molecule has 4 nitrogen and oxygen atoms in total. The van der Waals surface area contributed by atoms with E-state index in [1.54, 1.807) is 4.31 Å². The molecule has 110 valence electrons. The van der Waals surface area contributed by atoms with Gasteiger partial charge in [-0.2, -0.15) is 0 Å². The van der Waals surface area contributed by atoms with Crippen molar-refractivity contribution in [2.45, 2.75) is 38.5 Å². The molecule has 3 rings (SSSR count). The highest BCUT2D eigenvalue weighted by Crippen LogP contribution is 2.35. The summed E-state index contributed by atoms with van der Waals surface area (Å²) in [5, 5.41) is 0. The predicted molar refractivity (Wildman–Crippen MR) is 82.3 cm³/mol. The lowest BCUT2D eigenvalue weighted by Gasteiger charge is -2.26. The zero-order valence-corrected chi connectivity index (χ0v) is 12.5. The molecular formula is C15H22N2O2S. The maximum absolute atomic E-state index is 12.7. The molecule has 1 saturated carbocycles. The lowest BCUT2D eigenvalue weighted by Crippen LogP contribution is -2.34. The van der Waals surface area contributed by atoms with Crippen molar-refractivity contribution in [3.8, 4) is 0 Å². The first-order valence-electron chi connectivity index (χ1n) is 7.46. The minimum absolute atomic E-state index is 0.293. The molecule has 2 aliphatic rings. The van der Waals surface area contributed by atoms with Crippen LogP contribution in [0.1, 0.15) is 37.7 Å². The van der Waals surface area contributed by atoms with E-state index in [9.17, 15) is 8.42 Å². The van der Waals surface area contributed by atoms with E-state index in [1.165, 1.54) is 19.3 Å². The number of fused-ring (bicyclic) bond motifs is 1. The van der Waals surface area contributed by atoms with Crippen molar-refractivity contribution in [1.82, 2.24) is 0 Å². The first kappa shape index (κ1) is 13.7. The van der Waals surface area contributed by atoms with E-state index >= 15 is 0 Å². The molecule has 2 N–H and O–H groups in total. The number of rotatable bonds is 3. The summed E-state index contributed by atoms with van der Waals surface area (Å²) in [6.07, 6.45) is 6.42. The Bertz CT molecular complexity index is 592. The van der Waals surface area contributed by atoms with E-state index in [-0.39, 0.29) is 0 Å². The Morgan fingerprint density at radius 1 is 1.20 bits per heavy atom. The van der Waals surface area contributed by atoms with Crippen LogP contribution in [0.4, 0.5) is 11.4 Å². The third-order valence-corrected chi connectivity index (χ3v) is 6.47. The van der Waals surface area contributed by atoms with Gasteiger partial charge in [0.25, 0.3) is 0 Å². The van der Waals surface area contributed by atoms with Crippen LogP contribution in [-0.2, 0) is 16.4 Å². The molecule has 0 amide bonds. The van der Waals surface area contributed by atoms with E-state index in [4.69, 9.17) is 5.73 Å². The van der Waals surface area contributed by atoms with Crippen LogP contribution in [0.2, 0.25) is 0 Å². The van der Waals surface area contributed by atoms with E-state index in [1.807, 2.05) is 18.2 Å². The summed E-state index contributed by atoms with van der Waals surface area (Å²) >= 11 is 0. The van der Waals surface area contributed by atoms with Gasteiger partial charge in [-0.3, -0.25) is 4.31 Å². The molecule has 1 heterocycles. The molecule has 1 aromatic carbocycles. The van der Waals surface area contributed by atoms with Crippen LogP contribution < -0.4 is 10.0 Å². The fraction of sp³-hybridized carbons (Fsp3) is 0.600. The summed E-state index contributed by atoms with van der Waals surface area (Å²) in [7, 11) is -3.21. The van der Waals surface area contributed by atoms with Crippen molar-refractivity contribution in [1.29, 1.82) is 0 Å². The van der Waals surface area contributed by atoms with E-state index in [0.717, 1.165) is 30.5 Å². The monoisotopic (exact) mass is 294 g/mol. The number of nitrogen functional groups attached to an aromatic ring is 1. The van der Waals surface area contributed by atoms with E-state index < -0.39 is 10.0 Å². The van der Waals surface area contributed by atoms with Crippen LogP contribution in [0.5, 0.6) is 0 Å². The maximum Gasteiger partial charge on any atom is 0.235 e. The Kier molecular flexibility index (Phi) is 3.63. The Morgan fingerprint density at radius 3 is 2.70 bits per heavy atom. The third-order valence-electron chi connectivity index (χ3n) is 4.53. The fourth-order valence-corrected chi connectivity index (χ4v) is 5.41. The predicted octanol–water partition coefficient (Wildman–Crippen LogP) is 2.54. The van der Waals surface area contributed by atoms with Crippen LogP contribution >= 0.6 is 0 Å². The molecule has 1 fully saturated rings. The topological polar surface area (TPSA) is 63.4 Å². The van der Waals surface area contributed by atoms with Crippen molar-refractivity contribution in [2.75, 3.05) is 22.3 Å². The van der Waals surface area contributed by atoms with Crippen LogP contribution in [0.3, 0.4) is 0 Å². The summed E-state index contributed by atoms with van der Waals surface area (Å²) in [4.78, 5) is 0. The molecule has 0 bridgehead atoms. The van der Waals surface area contributed by atoms with Gasteiger partial charge in [-0.05, 0) is 37.3 Å². The fourth-order valence-electron chi connectivity index (χ4n) is 3.46. The van der Waals surface area contributed by atoms with Crippen molar-refractivity contribution in [3.05, 3.63) is 23.8 Å². The lowest BCUT2D eigenvalue weighted by molar-refractivity contribution is 0.385. The van der Waals surface area contributed by atoms with Crippen LogP contribution in [0.25, 0.3) is 0 Å². The number of nitrogens with two attached hydrogens (primary N) is 1. The second-order valence-corrected chi connectivity index (χ2v) is 7.89. The maximum atomic E-state index is 12.7. The van der Waals surface area contributed by atoms with E-state index in [2.05, 4.69) is 0 Å². The van der Waals surface area contributed by atoms with Crippen LogP contribution in [0.15, 0.2) is 18.2 Å². The summed E-state index contributed by atoms with van der Waals surface area (Å²) in [5.74, 6) is 0.625. The van der Waals surface area contributed by atoms with Gasteiger partial charge in [0, 0.05) is 17.8 Å². The number of sulfonamides is 1. The van der Waals surface area contributed by atoms with Gasteiger partial charge < -0.3 is 5.73 Å². The average Bonchev–Trinajstić information content (AvgIpc) is 2.85. The zero-order valence-electron chi connectivity index (χ0n) is 11.7. The molecule has 1 aromatic rings. The third kappa shape index (κ3) is 2.51. The Labute approximate surface area is 121 Å². The van der Waals surface area contributed by atoms with Gasteiger partial charge in [0.15, 0.2) is 0 Å². The molecule has 20 heavy (non-hydrogen) atoms. The number of nitrogens with zero attached hydrogens (tertiary/aromatic N) is 1. The van der Waals surface area contributed by atoms with E-state index in [0.29, 0.717) is 23.9 Å². The smallest absolute Gasteiger partial charge is 0.235 e. The molecule has 5 heteroatoms. The van der Waals surface area contributed by atoms with Crippen molar-refractivity contribution in [2.24, 2.45) is 5.92 Å². The first-order valence-corrected chi connectivity index (χ1v) is 9.06. The molecular weight excluding hydrogens is 272 g/mol. The first-order chi connectivity index (χ1) is 9.58. The number of hydrogen-bond acceptors (Lipinski definition) is 3. The molecule has 0 unspecified atom stereocenters. The van der Waals surface area contributed by atoms with Gasteiger partial charge >= 0.3 is 0 Å². The van der Waals surface area contributed by atoms with Gasteiger partial charge in [0.05, 0.1) is 11.4 Å². The summed E-state index contributed by atoms with van der Waals surface area (Å²) in [6, 6.07) is 5.55. The molecule has 0 spiro atoms. The SMILES string of the molecule is Nc1cccc2c1CCN2S(=O)(=O)CC1CCCCC1. The highest BCUT2D eigenvalue weighted by molar-refractivity contribution is 7.92. The molecule has 0 radical (unpaired) electrons. The Hall–Kier alpha value is -1.23. The standard InChI is InChI=1S/C15H22N2O2S/c16-14-7-4-8-15-13(14)9-10-17(15)20(18,19)11-12-5-2-1-3-6-12/h4,7-8,12H,1-3,5-6,9-11,16H2. The highest BCUT2D eigenvalue weighted by Gasteiger charge is 2.32. The van der Waals surface area contributed by atoms with Crippen molar-refractivity contribution in [3.63, 3.8) is 0 Å². The molecule has 0 aromatic heterocycles. The van der Waals surface area contributed by atoms with Gasteiger partial charge in [0.2, 0.25) is 10.0 Å². The van der Waals surface area contributed by atoms with Crippen LogP contribution in [0, 0.1) is 5.92 Å². The number of anilines is 2. The summed E-state index contributed by atoms with van der Waals surface area (Å²) in [6.45, 7) is 0.540. The minimum Gasteiger partial charge on any atom is -0.398 e. The van der Waals surface area contributed by atoms with Gasteiger partial charge in [0.1, 0.15) is 0 Å². The average molecular weight is 294 g/mol. The zero-order chi connectivity index (χ0) is 14.2. The molecule has 1 aliphatic carbocycles. The molecule has 1 aliphatic heterocycles. The summed E-state index contributed by atoms with van der Waals surface area (Å²) < 4.78 is 26.9. The second-order valence-electron chi connectivity index (χ2n) is 5.95. The minimum atomic E-state index is -3.21. The number of benzene rings is 1. The normalized spacial score (nSPS) is 20.1. The Morgan fingerprint density at radius 2 is 1.95 bits per heavy atom. The quantitative estimate of drug-likeness (QED) is 0.871. The van der Waals surface area contributed by atoms with Gasteiger partial charge in [-0.25, -0.2) is 8.42 Å². The number of hydrogen-bond donors (Lipinski definition) is 1. The largest absolute Gasteiger partial charge is 0.398 e. The Balaban J connectivity index is 1.81. The van der Waals surface area contributed by atoms with Gasteiger partial charge in [-0.15, -0.1) is 0 Å². The van der Waals surface area contributed by atoms with Crippen molar-refractivity contribution < 1.29 is 8.42 Å². The highest BCUT2D eigenvalue weighted by atomic mass is 32.2. The lowest BCUT2D eigenvalue weighted by atomic mass is 9.91. The van der Waals surface area contributed by atoms with Crippen LogP contribution in [-0.4, -0.2) is 20.7 Å². The molecule has 0 saturated heterocycles. The second kappa shape index (κ2) is 5.28. The van der Waals surface area contributed by atoms with Crippen molar-refractivity contribution >= 4 is 21.4 Å². The molecule has 0 atom stereocenters. The summed E-state index contributed by atoms with van der Waals surface area (Å²) in [5.41, 5.74) is 8.42. The van der Waals surface area contributed by atoms with Gasteiger partial charge in [-0.1, -0.05) is 25.3 Å².